The molecule has 0 N–H and O–H groups in total. The second-order valence-corrected chi connectivity index (χ2v) is 7.00. The number of carbonyl (C=O) groups is 2. The summed E-state index contributed by atoms with van der Waals surface area (Å²) in [6.07, 6.45) is 6.20. The van der Waals surface area contributed by atoms with Gasteiger partial charge in [0.25, 0.3) is 0 Å². The maximum Gasteiger partial charge on any atom is 0.226 e. The summed E-state index contributed by atoms with van der Waals surface area (Å²) in [7, 11) is 0. The van der Waals surface area contributed by atoms with Gasteiger partial charge < -0.3 is 9.80 Å². The fourth-order valence-electron chi connectivity index (χ4n) is 3.57. The highest BCUT2D eigenvalue weighted by molar-refractivity contribution is 5.79. The van der Waals surface area contributed by atoms with Gasteiger partial charge in [0.05, 0.1) is 12.5 Å². The molecule has 0 saturated carbocycles. The van der Waals surface area contributed by atoms with Crippen LogP contribution in [-0.4, -0.2) is 41.7 Å². The number of rotatable bonds is 7. The molecular weight excluding hydrogens is 352 g/mol. The molecule has 1 saturated heterocycles. The predicted molar refractivity (Wildman–Crippen MR) is 107 cm³/mol. The van der Waals surface area contributed by atoms with E-state index >= 15 is 0 Å². The third kappa shape index (κ3) is 4.95. The molecule has 6 nitrogen and oxygen atoms in total. The summed E-state index contributed by atoms with van der Waals surface area (Å²) in [5.74, 6) is 0.0934. The number of carbonyl (C=O) groups excluding carboxylic acids is 2. The molecule has 0 spiro atoms. The van der Waals surface area contributed by atoms with E-state index in [0.29, 0.717) is 25.1 Å². The Hall–Kier alpha value is -3.20. The molecule has 0 atom stereocenters. The molecule has 0 radical (unpaired) electrons. The van der Waals surface area contributed by atoms with Gasteiger partial charge in [-0.05, 0) is 48.7 Å². The predicted octanol–water partition coefficient (Wildman–Crippen LogP) is 3.05. The monoisotopic (exact) mass is 376 g/mol. The average molecular weight is 376 g/mol. The molecule has 1 aliphatic heterocycles. The van der Waals surface area contributed by atoms with E-state index in [1.165, 1.54) is 0 Å². The summed E-state index contributed by atoms with van der Waals surface area (Å²) in [6, 6.07) is 13.5. The molecule has 0 unspecified atom stereocenters. The molecule has 2 heterocycles. The number of amides is 1. The normalized spacial score (nSPS) is 14.3. The Morgan fingerprint density at radius 2 is 2.00 bits per heavy atom. The Kier molecular flexibility index (Phi) is 6.74. The summed E-state index contributed by atoms with van der Waals surface area (Å²) >= 11 is 0. The van der Waals surface area contributed by atoms with E-state index in [-0.39, 0.29) is 11.8 Å². The number of aromatic nitrogens is 1. The Morgan fingerprint density at radius 1 is 1.25 bits per heavy atom. The number of hydrogen-bond donors (Lipinski definition) is 0. The number of nitriles is 1. The van der Waals surface area contributed by atoms with Gasteiger partial charge >= 0.3 is 0 Å². The minimum absolute atomic E-state index is 0.0270. The van der Waals surface area contributed by atoms with E-state index in [0.717, 1.165) is 43.5 Å². The van der Waals surface area contributed by atoms with Crippen LogP contribution in [0.3, 0.4) is 0 Å². The van der Waals surface area contributed by atoms with E-state index in [1.807, 2.05) is 36.4 Å². The summed E-state index contributed by atoms with van der Waals surface area (Å²) in [5, 5.41) is 8.94. The van der Waals surface area contributed by atoms with Gasteiger partial charge in [-0.2, -0.15) is 5.26 Å². The molecule has 0 bridgehead atoms. The van der Waals surface area contributed by atoms with Crippen LogP contribution < -0.4 is 4.90 Å². The Labute approximate surface area is 165 Å². The van der Waals surface area contributed by atoms with Crippen LogP contribution in [0, 0.1) is 17.2 Å². The van der Waals surface area contributed by atoms with Crippen LogP contribution in [0.5, 0.6) is 0 Å². The van der Waals surface area contributed by atoms with Crippen LogP contribution in [0.25, 0.3) is 0 Å². The highest BCUT2D eigenvalue weighted by Crippen LogP contribution is 2.25. The molecule has 28 heavy (non-hydrogen) atoms. The van der Waals surface area contributed by atoms with Crippen molar-refractivity contribution < 1.29 is 9.59 Å². The van der Waals surface area contributed by atoms with Crippen molar-refractivity contribution in [3.05, 3.63) is 59.9 Å². The van der Waals surface area contributed by atoms with Gasteiger partial charge in [0.15, 0.2) is 0 Å². The van der Waals surface area contributed by atoms with Gasteiger partial charge in [-0.15, -0.1) is 0 Å². The van der Waals surface area contributed by atoms with Crippen molar-refractivity contribution in [3.63, 3.8) is 0 Å². The largest absolute Gasteiger partial charge is 0.371 e. The first-order valence-electron chi connectivity index (χ1n) is 9.56. The maximum atomic E-state index is 13.1. The summed E-state index contributed by atoms with van der Waals surface area (Å²) < 4.78 is 0. The second kappa shape index (κ2) is 9.65. The van der Waals surface area contributed by atoms with Crippen LogP contribution in [0.4, 0.5) is 5.69 Å². The van der Waals surface area contributed by atoms with E-state index in [2.05, 4.69) is 16.0 Å². The number of hydrogen-bond acceptors (Lipinski definition) is 5. The first-order valence-corrected chi connectivity index (χ1v) is 9.56. The number of benzene rings is 1. The van der Waals surface area contributed by atoms with Crippen LogP contribution in [0.15, 0.2) is 48.8 Å². The SMILES string of the molecule is N#CCCN(Cc1cccnc1)C(=O)C1CCN(c2ccc(C=O)cc2)CC1. The molecule has 144 valence electrons. The molecular formula is C22H24N4O2. The van der Waals surface area contributed by atoms with E-state index in [1.54, 1.807) is 17.3 Å². The first kappa shape index (κ1) is 19.6. The molecule has 1 amide bonds. The van der Waals surface area contributed by atoms with Gasteiger partial charge in [0, 0.05) is 55.7 Å². The minimum Gasteiger partial charge on any atom is -0.371 e. The zero-order valence-electron chi connectivity index (χ0n) is 15.8. The van der Waals surface area contributed by atoms with Crippen molar-refractivity contribution in [3.8, 4) is 6.07 Å². The van der Waals surface area contributed by atoms with Crippen molar-refractivity contribution in [2.24, 2.45) is 5.92 Å². The van der Waals surface area contributed by atoms with Crippen molar-refractivity contribution in [2.45, 2.75) is 25.8 Å². The average Bonchev–Trinajstić information content (AvgIpc) is 2.77. The number of nitrogens with zero attached hydrogens (tertiary/aromatic N) is 4. The highest BCUT2D eigenvalue weighted by Gasteiger charge is 2.28. The van der Waals surface area contributed by atoms with Crippen LogP contribution >= 0.6 is 0 Å². The maximum absolute atomic E-state index is 13.1. The zero-order chi connectivity index (χ0) is 19.8. The zero-order valence-corrected chi connectivity index (χ0v) is 15.8. The highest BCUT2D eigenvalue weighted by atomic mass is 16.2. The van der Waals surface area contributed by atoms with E-state index in [9.17, 15) is 9.59 Å². The van der Waals surface area contributed by atoms with Crippen LogP contribution in [0.2, 0.25) is 0 Å². The lowest BCUT2D eigenvalue weighted by Crippen LogP contribution is -2.42. The second-order valence-electron chi connectivity index (χ2n) is 7.00. The summed E-state index contributed by atoms with van der Waals surface area (Å²) in [5.41, 5.74) is 2.71. The Bertz CT molecular complexity index is 822. The molecule has 2 aromatic rings. The third-order valence-electron chi connectivity index (χ3n) is 5.14. The molecule has 1 aliphatic rings. The fourth-order valence-corrected chi connectivity index (χ4v) is 3.57. The first-order chi connectivity index (χ1) is 13.7. The Morgan fingerprint density at radius 3 is 2.61 bits per heavy atom. The summed E-state index contributed by atoms with van der Waals surface area (Å²) in [6.45, 7) is 2.53. The fraction of sp³-hybridized carbons (Fsp3) is 0.364. The topological polar surface area (TPSA) is 77.3 Å². The van der Waals surface area contributed by atoms with Gasteiger partial charge in [0.1, 0.15) is 6.29 Å². The number of piperidine rings is 1. The van der Waals surface area contributed by atoms with Crippen molar-refractivity contribution in [2.75, 3.05) is 24.5 Å². The lowest BCUT2D eigenvalue weighted by atomic mass is 9.94. The van der Waals surface area contributed by atoms with Gasteiger partial charge in [-0.25, -0.2) is 0 Å². The third-order valence-corrected chi connectivity index (χ3v) is 5.14. The number of anilines is 1. The minimum atomic E-state index is -0.0270. The quantitative estimate of drug-likeness (QED) is 0.694. The van der Waals surface area contributed by atoms with E-state index in [4.69, 9.17) is 5.26 Å². The van der Waals surface area contributed by atoms with E-state index < -0.39 is 0 Å². The number of aldehydes is 1. The van der Waals surface area contributed by atoms with Gasteiger partial charge in [-0.3, -0.25) is 14.6 Å². The number of pyridine rings is 1. The Balaban J connectivity index is 1.60. The lowest BCUT2D eigenvalue weighted by Gasteiger charge is -2.35. The standard InChI is InChI=1S/C22H24N4O2/c23-10-2-12-26(16-19-3-1-11-24-15-19)22(28)20-8-13-25(14-9-20)21-6-4-18(17-27)5-7-21/h1,3-7,11,15,17,20H,2,8-9,12-14,16H2. The molecule has 1 fully saturated rings. The van der Waals surface area contributed by atoms with Gasteiger partial charge in [0.2, 0.25) is 5.91 Å². The van der Waals surface area contributed by atoms with Crippen molar-refractivity contribution >= 4 is 17.9 Å². The van der Waals surface area contributed by atoms with Crippen LogP contribution in [0.1, 0.15) is 35.2 Å². The molecule has 6 heteroatoms. The molecule has 1 aromatic carbocycles. The molecule has 0 aliphatic carbocycles. The molecule has 1 aromatic heterocycles. The molecule has 3 rings (SSSR count). The summed E-state index contributed by atoms with van der Waals surface area (Å²) in [4.78, 5) is 32.0. The smallest absolute Gasteiger partial charge is 0.226 e. The van der Waals surface area contributed by atoms with Crippen LogP contribution in [-0.2, 0) is 11.3 Å². The van der Waals surface area contributed by atoms with Crippen molar-refractivity contribution in [1.29, 1.82) is 5.26 Å². The van der Waals surface area contributed by atoms with Gasteiger partial charge in [-0.1, -0.05) is 6.07 Å². The van der Waals surface area contributed by atoms with Crippen molar-refractivity contribution in [1.82, 2.24) is 9.88 Å². The lowest BCUT2D eigenvalue weighted by molar-refractivity contribution is -0.136.